The molecule has 1 aliphatic heterocycles. The maximum atomic E-state index is 10.7. The van der Waals surface area contributed by atoms with Crippen LogP contribution in [0.3, 0.4) is 0 Å². The average molecular weight is 270 g/mol. The van der Waals surface area contributed by atoms with Crippen molar-refractivity contribution in [3.05, 3.63) is 0 Å². The van der Waals surface area contributed by atoms with E-state index in [1.165, 1.54) is 25.7 Å². The lowest BCUT2D eigenvalue weighted by atomic mass is 9.75. The lowest BCUT2D eigenvalue weighted by Crippen LogP contribution is -2.48. The Morgan fingerprint density at radius 3 is 2.42 bits per heavy atom. The van der Waals surface area contributed by atoms with Crippen LogP contribution in [0.5, 0.6) is 0 Å². The summed E-state index contributed by atoms with van der Waals surface area (Å²) in [7, 11) is 1.71. The monoisotopic (exact) mass is 270 g/mol. The predicted molar refractivity (Wildman–Crippen MR) is 76.1 cm³/mol. The molecule has 1 saturated carbocycles. The van der Waals surface area contributed by atoms with Crippen LogP contribution in [0.15, 0.2) is 0 Å². The number of hydrogen-bond acceptors (Lipinski definition) is 3. The fourth-order valence-corrected chi connectivity index (χ4v) is 3.98. The summed E-state index contributed by atoms with van der Waals surface area (Å²) in [5.41, 5.74) is 0.0371. The molecule has 0 amide bonds. The van der Waals surface area contributed by atoms with Gasteiger partial charge in [0.15, 0.2) is 0 Å². The van der Waals surface area contributed by atoms with Gasteiger partial charge in [-0.05, 0) is 37.0 Å². The zero-order valence-electron chi connectivity index (χ0n) is 12.9. The minimum atomic E-state index is -0.383. The maximum Gasteiger partial charge on any atom is 0.0880 e. The van der Waals surface area contributed by atoms with Crippen molar-refractivity contribution in [3.8, 4) is 0 Å². The second-order valence-corrected chi connectivity index (χ2v) is 7.50. The van der Waals surface area contributed by atoms with Crippen molar-refractivity contribution in [2.24, 2.45) is 11.3 Å². The van der Waals surface area contributed by atoms with E-state index in [2.05, 4.69) is 20.8 Å². The fraction of sp³-hybridized carbons (Fsp3) is 1.00. The zero-order chi connectivity index (χ0) is 14.1. The number of aliphatic hydroxyl groups excluding tert-OH is 1. The third-order valence-corrected chi connectivity index (χ3v) is 4.95. The Balaban J connectivity index is 2.04. The highest BCUT2D eigenvalue weighted by Crippen LogP contribution is 2.44. The number of rotatable bonds is 3. The Labute approximate surface area is 117 Å². The molecule has 0 aromatic rings. The Kier molecular flexibility index (Phi) is 4.59. The Morgan fingerprint density at radius 2 is 1.89 bits per heavy atom. The fourth-order valence-electron chi connectivity index (χ4n) is 3.98. The van der Waals surface area contributed by atoms with Crippen molar-refractivity contribution >= 4 is 0 Å². The van der Waals surface area contributed by atoms with E-state index in [9.17, 15) is 5.11 Å². The molecular formula is C16H30O3. The van der Waals surface area contributed by atoms with Gasteiger partial charge in [0.1, 0.15) is 0 Å². The Hall–Kier alpha value is -0.120. The van der Waals surface area contributed by atoms with Crippen LogP contribution in [0.1, 0.15) is 59.3 Å². The minimum absolute atomic E-state index is 0.0324. The number of aliphatic hydroxyl groups is 1. The summed E-state index contributed by atoms with van der Waals surface area (Å²) in [6.07, 6.45) is 6.36. The summed E-state index contributed by atoms with van der Waals surface area (Å²) in [5, 5.41) is 10.7. The molecule has 1 saturated heterocycles. The van der Waals surface area contributed by atoms with E-state index in [0.717, 1.165) is 19.4 Å². The van der Waals surface area contributed by atoms with E-state index in [-0.39, 0.29) is 23.2 Å². The molecule has 1 heterocycles. The van der Waals surface area contributed by atoms with E-state index in [1.54, 1.807) is 7.11 Å². The number of hydrogen-bond donors (Lipinski definition) is 1. The number of ether oxygens (including phenoxy) is 2. The molecule has 112 valence electrons. The molecule has 0 aromatic heterocycles. The van der Waals surface area contributed by atoms with Crippen LogP contribution < -0.4 is 0 Å². The van der Waals surface area contributed by atoms with Gasteiger partial charge in [-0.2, -0.15) is 0 Å². The van der Waals surface area contributed by atoms with E-state index in [0.29, 0.717) is 5.92 Å². The second kappa shape index (κ2) is 5.71. The van der Waals surface area contributed by atoms with Crippen LogP contribution in [0, 0.1) is 11.3 Å². The van der Waals surface area contributed by atoms with Gasteiger partial charge in [-0.25, -0.2) is 0 Å². The molecule has 3 unspecified atom stereocenters. The quantitative estimate of drug-likeness (QED) is 0.856. The summed E-state index contributed by atoms with van der Waals surface area (Å²) in [6, 6.07) is 0. The van der Waals surface area contributed by atoms with Crippen LogP contribution >= 0.6 is 0 Å². The standard InChI is InChI=1S/C16H30O3/c1-15(2,3)14(18-4)13(17)12-7-10-19-16(11-12)8-5-6-9-16/h12-14,17H,5-11H2,1-4H3. The van der Waals surface area contributed by atoms with E-state index in [1.807, 2.05) is 0 Å². The maximum absolute atomic E-state index is 10.7. The van der Waals surface area contributed by atoms with Crippen molar-refractivity contribution in [2.75, 3.05) is 13.7 Å². The molecule has 0 radical (unpaired) electrons. The summed E-state index contributed by atoms with van der Waals surface area (Å²) in [5.74, 6) is 0.316. The van der Waals surface area contributed by atoms with Crippen molar-refractivity contribution < 1.29 is 14.6 Å². The predicted octanol–water partition coefficient (Wildman–Crippen LogP) is 3.15. The van der Waals surface area contributed by atoms with E-state index in [4.69, 9.17) is 9.47 Å². The second-order valence-electron chi connectivity index (χ2n) is 7.50. The van der Waals surface area contributed by atoms with Gasteiger partial charge in [0, 0.05) is 13.7 Å². The molecule has 1 aliphatic carbocycles. The highest BCUT2D eigenvalue weighted by atomic mass is 16.5. The van der Waals surface area contributed by atoms with Gasteiger partial charge in [-0.3, -0.25) is 0 Å². The lowest BCUT2D eigenvalue weighted by Gasteiger charge is -2.43. The number of methoxy groups -OCH3 is 1. The largest absolute Gasteiger partial charge is 0.390 e. The van der Waals surface area contributed by atoms with Gasteiger partial charge in [-0.1, -0.05) is 33.6 Å². The first-order valence-corrected chi connectivity index (χ1v) is 7.73. The molecule has 2 fully saturated rings. The third kappa shape index (κ3) is 3.32. The summed E-state index contributed by atoms with van der Waals surface area (Å²) < 4.78 is 11.6. The van der Waals surface area contributed by atoms with Crippen LogP contribution in [0.25, 0.3) is 0 Å². The van der Waals surface area contributed by atoms with Crippen LogP contribution in [0.2, 0.25) is 0 Å². The first kappa shape index (κ1) is 15.3. The smallest absolute Gasteiger partial charge is 0.0880 e. The summed E-state index contributed by atoms with van der Waals surface area (Å²) in [6.45, 7) is 7.20. The van der Waals surface area contributed by atoms with Crippen LogP contribution in [-0.4, -0.2) is 36.6 Å². The Bertz CT molecular complexity index is 289. The highest BCUT2D eigenvalue weighted by molar-refractivity contribution is 4.95. The van der Waals surface area contributed by atoms with Crippen molar-refractivity contribution in [2.45, 2.75) is 77.1 Å². The van der Waals surface area contributed by atoms with Crippen molar-refractivity contribution in [3.63, 3.8) is 0 Å². The SMILES string of the molecule is COC(C(O)C1CCOC2(CCCC2)C1)C(C)(C)C. The minimum Gasteiger partial charge on any atom is -0.390 e. The normalized spacial score (nSPS) is 30.5. The topological polar surface area (TPSA) is 38.7 Å². The van der Waals surface area contributed by atoms with Gasteiger partial charge in [0.05, 0.1) is 17.8 Å². The molecule has 1 spiro atoms. The molecular weight excluding hydrogens is 240 g/mol. The lowest BCUT2D eigenvalue weighted by molar-refractivity contribution is -0.148. The molecule has 3 nitrogen and oxygen atoms in total. The molecule has 3 atom stereocenters. The van der Waals surface area contributed by atoms with Crippen molar-refractivity contribution in [1.29, 1.82) is 0 Å². The summed E-state index contributed by atoms with van der Waals surface area (Å²) >= 11 is 0. The molecule has 1 N–H and O–H groups in total. The van der Waals surface area contributed by atoms with Crippen molar-refractivity contribution in [1.82, 2.24) is 0 Å². The molecule has 19 heavy (non-hydrogen) atoms. The highest BCUT2D eigenvalue weighted by Gasteiger charge is 2.45. The van der Waals surface area contributed by atoms with Crippen LogP contribution in [0.4, 0.5) is 0 Å². The first-order valence-electron chi connectivity index (χ1n) is 7.73. The molecule has 2 rings (SSSR count). The van der Waals surface area contributed by atoms with Crippen LogP contribution in [-0.2, 0) is 9.47 Å². The van der Waals surface area contributed by atoms with E-state index >= 15 is 0 Å². The summed E-state index contributed by atoms with van der Waals surface area (Å²) in [4.78, 5) is 0. The molecule has 2 aliphatic rings. The third-order valence-electron chi connectivity index (χ3n) is 4.95. The molecule has 0 aromatic carbocycles. The van der Waals surface area contributed by atoms with E-state index < -0.39 is 0 Å². The van der Waals surface area contributed by atoms with Gasteiger partial charge >= 0.3 is 0 Å². The Morgan fingerprint density at radius 1 is 1.26 bits per heavy atom. The first-order chi connectivity index (χ1) is 8.88. The van der Waals surface area contributed by atoms with Gasteiger partial charge in [0.25, 0.3) is 0 Å². The van der Waals surface area contributed by atoms with Gasteiger partial charge < -0.3 is 14.6 Å². The average Bonchev–Trinajstić information content (AvgIpc) is 2.76. The van der Waals surface area contributed by atoms with Gasteiger partial charge in [0.2, 0.25) is 0 Å². The zero-order valence-corrected chi connectivity index (χ0v) is 12.9. The van der Waals surface area contributed by atoms with Gasteiger partial charge in [-0.15, -0.1) is 0 Å². The molecule has 3 heteroatoms. The molecule has 0 bridgehead atoms.